The second-order valence-electron chi connectivity index (χ2n) is 7.88. The van der Waals surface area contributed by atoms with Gasteiger partial charge in [0.1, 0.15) is 9.84 Å². The molecule has 0 aromatic heterocycles. The number of sulfone groups is 1. The second-order valence-corrected chi connectivity index (χ2v) is 10.1. The van der Waals surface area contributed by atoms with Crippen molar-refractivity contribution in [3.05, 3.63) is 0 Å². The minimum Gasteiger partial charge on any atom is -0.365 e. The first kappa shape index (κ1) is 18.5. The average Bonchev–Trinajstić information content (AvgIpc) is 2.81. The highest BCUT2D eigenvalue weighted by Gasteiger charge is 2.47. The summed E-state index contributed by atoms with van der Waals surface area (Å²) in [6.07, 6.45) is 5.96. The van der Waals surface area contributed by atoms with Crippen molar-refractivity contribution < 1.29 is 17.9 Å². The Morgan fingerprint density at radius 2 is 1.87 bits per heavy atom. The fraction of sp³-hybridized carbons (Fsp3) is 0.938. The lowest BCUT2D eigenvalue weighted by Crippen LogP contribution is -2.62. The third-order valence-corrected chi connectivity index (χ3v) is 5.61. The van der Waals surface area contributed by atoms with E-state index in [2.05, 4.69) is 5.32 Å². The van der Waals surface area contributed by atoms with Crippen molar-refractivity contribution in [2.75, 3.05) is 25.1 Å². The fourth-order valence-electron chi connectivity index (χ4n) is 3.70. The zero-order valence-electron chi connectivity index (χ0n) is 14.7. The van der Waals surface area contributed by atoms with Crippen molar-refractivity contribution in [3.8, 4) is 0 Å². The molecule has 0 bridgehead atoms. The minimum absolute atomic E-state index is 0.0903. The molecule has 1 N–H and O–H groups in total. The van der Waals surface area contributed by atoms with Crippen LogP contribution in [-0.4, -0.2) is 61.7 Å². The summed E-state index contributed by atoms with van der Waals surface area (Å²) in [5.74, 6) is 0.0903. The van der Waals surface area contributed by atoms with Crippen LogP contribution in [0.3, 0.4) is 0 Å². The summed E-state index contributed by atoms with van der Waals surface area (Å²) in [5.41, 5.74) is -0.551. The summed E-state index contributed by atoms with van der Waals surface area (Å²) >= 11 is 0. The third kappa shape index (κ3) is 5.35. The number of hydrogen-bond acceptors (Lipinski definition) is 4. The molecular weight excluding hydrogens is 316 g/mol. The molecule has 1 heterocycles. The Balaban J connectivity index is 1.95. The van der Waals surface area contributed by atoms with Gasteiger partial charge in [-0.2, -0.15) is 0 Å². The number of carbonyl (C=O) groups is 1. The van der Waals surface area contributed by atoms with Crippen LogP contribution in [0.15, 0.2) is 0 Å². The molecule has 1 spiro atoms. The Kier molecular flexibility index (Phi) is 5.31. The van der Waals surface area contributed by atoms with Crippen molar-refractivity contribution in [2.24, 2.45) is 0 Å². The molecule has 134 valence electrons. The van der Waals surface area contributed by atoms with Gasteiger partial charge in [-0.25, -0.2) is 13.2 Å². The summed E-state index contributed by atoms with van der Waals surface area (Å²) in [7, 11) is -3.00. The minimum atomic E-state index is -3.00. The predicted octanol–water partition coefficient (Wildman–Crippen LogP) is 1.94. The van der Waals surface area contributed by atoms with E-state index < -0.39 is 9.84 Å². The second kappa shape index (κ2) is 6.59. The van der Waals surface area contributed by atoms with Gasteiger partial charge in [0.15, 0.2) is 0 Å². The van der Waals surface area contributed by atoms with Gasteiger partial charge in [-0.15, -0.1) is 0 Å². The van der Waals surface area contributed by atoms with Gasteiger partial charge in [-0.3, -0.25) is 0 Å². The molecule has 2 fully saturated rings. The van der Waals surface area contributed by atoms with Crippen LogP contribution in [0.2, 0.25) is 0 Å². The highest BCUT2D eigenvalue weighted by atomic mass is 32.2. The number of urea groups is 1. The van der Waals surface area contributed by atoms with Gasteiger partial charge in [0.25, 0.3) is 0 Å². The smallest absolute Gasteiger partial charge is 0.317 e. The number of ether oxygens (including phenoxy) is 1. The van der Waals surface area contributed by atoms with Gasteiger partial charge in [0.05, 0.1) is 30.0 Å². The van der Waals surface area contributed by atoms with E-state index in [9.17, 15) is 13.2 Å². The summed E-state index contributed by atoms with van der Waals surface area (Å²) < 4.78 is 28.8. The Morgan fingerprint density at radius 1 is 1.26 bits per heavy atom. The Labute approximate surface area is 139 Å². The van der Waals surface area contributed by atoms with E-state index in [1.165, 1.54) is 6.26 Å². The molecule has 2 aliphatic rings. The van der Waals surface area contributed by atoms with Crippen molar-refractivity contribution >= 4 is 15.9 Å². The molecule has 0 unspecified atom stereocenters. The number of hydrogen-bond donors (Lipinski definition) is 1. The van der Waals surface area contributed by atoms with Crippen LogP contribution in [-0.2, 0) is 14.6 Å². The molecule has 2 amide bonds. The summed E-state index contributed by atoms with van der Waals surface area (Å²) in [4.78, 5) is 14.4. The first-order chi connectivity index (χ1) is 10.5. The van der Waals surface area contributed by atoms with Gasteiger partial charge in [0.2, 0.25) is 0 Å². The Bertz CT molecular complexity index is 538. The SMILES string of the molecule is C[C@H](CCS(C)(=O)=O)NC(=O)N1CC(C)(C)OC2(CCCC2)C1. The first-order valence-corrected chi connectivity index (χ1v) is 10.5. The van der Waals surface area contributed by atoms with E-state index in [4.69, 9.17) is 4.74 Å². The van der Waals surface area contributed by atoms with Gasteiger partial charge >= 0.3 is 6.03 Å². The third-order valence-electron chi connectivity index (χ3n) is 4.64. The fourth-order valence-corrected chi connectivity index (χ4v) is 4.48. The van der Waals surface area contributed by atoms with E-state index in [1.54, 1.807) is 0 Å². The summed E-state index contributed by atoms with van der Waals surface area (Å²) in [5, 5.41) is 2.93. The molecule has 1 saturated heterocycles. The first-order valence-electron chi connectivity index (χ1n) is 8.44. The lowest BCUT2D eigenvalue weighted by Gasteiger charge is -2.48. The monoisotopic (exact) mass is 346 g/mol. The maximum Gasteiger partial charge on any atom is 0.317 e. The molecule has 0 radical (unpaired) electrons. The lowest BCUT2D eigenvalue weighted by molar-refractivity contribution is -0.184. The predicted molar refractivity (Wildman–Crippen MR) is 90.3 cm³/mol. The standard InChI is InChI=1S/C16H30N2O4S/c1-13(7-10-23(4,20)21)17-14(19)18-11-15(2,3)22-16(12-18)8-5-6-9-16/h13H,5-12H2,1-4H3,(H,17,19)/t13-/m1/s1. The largest absolute Gasteiger partial charge is 0.365 e. The maximum atomic E-state index is 12.6. The van der Waals surface area contributed by atoms with Crippen LogP contribution in [0.1, 0.15) is 52.9 Å². The van der Waals surface area contributed by atoms with Crippen LogP contribution in [0, 0.1) is 0 Å². The van der Waals surface area contributed by atoms with Crippen LogP contribution >= 0.6 is 0 Å². The zero-order chi connectivity index (χ0) is 17.3. The van der Waals surface area contributed by atoms with Crippen molar-refractivity contribution in [1.29, 1.82) is 0 Å². The molecule has 1 atom stereocenters. The molecule has 1 saturated carbocycles. The molecule has 0 aromatic carbocycles. The van der Waals surface area contributed by atoms with Crippen LogP contribution in [0.5, 0.6) is 0 Å². The van der Waals surface area contributed by atoms with Gasteiger partial charge < -0.3 is 15.0 Å². The van der Waals surface area contributed by atoms with Gasteiger partial charge in [-0.05, 0) is 40.0 Å². The molecule has 23 heavy (non-hydrogen) atoms. The lowest BCUT2D eigenvalue weighted by atomic mass is 9.94. The van der Waals surface area contributed by atoms with Crippen LogP contribution in [0.25, 0.3) is 0 Å². The van der Waals surface area contributed by atoms with E-state index in [0.29, 0.717) is 19.5 Å². The van der Waals surface area contributed by atoms with E-state index in [-0.39, 0.29) is 29.0 Å². The maximum absolute atomic E-state index is 12.6. The van der Waals surface area contributed by atoms with E-state index >= 15 is 0 Å². The average molecular weight is 346 g/mol. The van der Waals surface area contributed by atoms with E-state index in [1.807, 2.05) is 25.7 Å². The molecule has 1 aliphatic heterocycles. The Hall–Kier alpha value is -0.820. The quantitative estimate of drug-likeness (QED) is 0.844. The molecule has 1 aliphatic carbocycles. The number of rotatable bonds is 4. The molecule has 2 rings (SSSR count). The Morgan fingerprint density at radius 3 is 2.43 bits per heavy atom. The van der Waals surface area contributed by atoms with Crippen molar-refractivity contribution in [1.82, 2.24) is 10.2 Å². The highest BCUT2D eigenvalue weighted by Crippen LogP contribution is 2.40. The van der Waals surface area contributed by atoms with Crippen molar-refractivity contribution in [3.63, 3.8) is 0 Å². The highest BCUT2D eigenvalue weighted by molar-refractivity contribution is 7.90. The number of carbonyl (C=O) groups excluding carboxylic acids is 1. The number of morpholine rings is 1. The van der Waals surface area contributed by atoms with Gasteiger partial charge in [0, 0.05) is 12.3 Å². The zero-order valence-corrected chi connectivity index (χ0v) is 15.5. The van der Waals surface area contributed by atoms with Gasteiger partial charge in [-0.1, -0.05) is 12.8 Å². The molecule has 7 heteroatoms. The van der Waals surface area contributed by atoms with E-state index in [0.717, 1.165) is 25.7 Å². The topological polar surface area (TPSA) is 75.7 Å². The normalized spacial score (nSPS) is 24.6. The van der Waals surface area contributed by atoms with Crippen LogP contribution in [0.4, 0.5) is 4.79 Å². The molecular formula is C16H30N2O4S. The summed E-state index contributed by atoms with van der Waals surface area (Å²) in [6.45, 7) is 7.08. The molecule has 6 nitrogen and oxygen atoms in total. The van der Waals surface area contributed by atoms with Crippen molar-refractivity contribution in [2.45, 2.75) is 70.1 Å². The van der Waals surface area contributed by atoms with Crippen LogP contribution < -0.4 is 5.32 Å². The number of amides is 2. The number of nitrogens with zero attached hydrogens (tertiary/aromatic N) is 1. The number of nitrogens with one attached hydrogen (secondary N) is 1. The molecule has 0 aromatic rings. The summed E-state index contributed by atoms with van der Waals surface area (Å²) in [6, 6.07) is -0.281.